The maximum Gasteiger partial charge on any atom is 0.213 e. The third-order valence-corrected chi connectivity index (χ3v) is 4.33. The number of hydrogen-bond donors (Lipinski definition) is 4. The summed E-state index contributed by atoms with van der Waals surface area (Å²) in [4.78, 5) is 12.4. The third-order valence-electron chi connectivity index (χ3n) is 4.33. The first-order valence-corrected chi connectivity index (χ1v) is 8.13. The van der Waals surface area contributed by atoms with Gasteiger partial charge in [-0.05, 0) is 42.8 Å². The largest absolute Gasteiger partial charge is 0.508 e. The highest BCUT2D eigenvalue weighted by Gasteiger charge is 2.12. The van der Waals surface area contributed by atoms with Gasteiger partial charge in [0.1, 0.15) is 11.1 Å². The number of guanidine groups is 1. The van der Waals surface area contributed by atoms with Gasteiger partial charge < -0.3 is 15.8 Å². The molecular formula is C20H17N5O. The van der Waals surface area contributed by atoms with Crippen LogP contribution in [-0.4, -0.2) is 21.0 Å². The Hall–Kier alpha value is -3.67. The summed E-state index contributed by atoms with van der Waals surface area (Å²) in [6.45, 7) is 1.94. The maximum absolute atomic E-state index is 9.74. The average molecular weight is 343 g/mol. The van der Waals surface area contributed by atoms with Gasteiger partial charge in [0.2, 0.25) is 5.96 Å². The highest BCUT2D eigenvalue weighted by atomic mass is 16.3. The van der Waals surface area contributed by atoms with Crippen LogP contribution in [0.2, 0.25) is 0 Å². The molecular weight excluding hydrogens is 326 g/mol. The molecule has 4 rings (SSSR count). The van der Waals surface area contributed by atoms with Gasteiger partial charge in [-0.1, -0.05) is 18.2 Å². The van der Waals surface area contributed by atoms with Crippen molar-refractivity contribution in [1.29, 1.82) is 5.41 Å². The Morgan fingerprint density at radius 2 is 1.96 bits per heavy atom. The van der Waals surface area contributed by atoms with Crippen molar-refractivity contribution in [2.75, 3.05) is 0 Å². The van der Waals surface area contributed by atoms with Gasteiger partial charge in [0.15, 0.2) is 0 Å². The molecule has 6 nitrogen and oxygen atoms in total. The zero-order valence-electron chi connectivity index (χ0n) is 14.1. The number of H-pyrrole nitrogens is 1. The molecule has 0 aliphatic rings. The van der Waals surface area contributed by atoms with Crippen LogP contribution in [0.15, 0.2) is 59.7 Å². The number of para-hydroxylation sites is 1. The average Bonchev–Trinajstić information content (AvgIpc) is 3.03. The van der Waals surface area contributed by atoms with E-state index in [-0.39, 0.29) is 11.7 Å². The summed E-state index contributed by atoms with van der Waals surface area (Å²) < 4.78 is 0. The minimum Gasteiger partial charge on any atom is -0.508 e. The molecule has 2 heterocycles. The lowest BCUT2D eigenvalue weighted by molar-refractivity contribution is 0.475. The van der Waals surface area contributed by atoms with E-state index in [1.54, 1.807) is 12.1 Å². The number of hydrogen-bond acceptors (Lipinski definition) is 3. The normalized spacial score (nSPS) is 12.0. The molecule has 0 aliphatic carbocycles. The van der Waals surface area contributed by atoms with E-state index in [1.807, 2.05) is 49.5 Å². The van der Waals surface area contributed by atoms with Crippen LogP contribution < -0.4 is 11.1 Å². The number of aromatic nitrogens is 2. The fraction of sp³-hybridized carbons (Fsp3) is 0.0500. The van der Waals surface area contributed by atoms with Gasteiger partial charge in [-0.15, -0.1) is 0 Å². The van der Waals surface area contributed by atoms with E-state index in [4.69, 9.17) is 16.1 Å². The molecule has 2 aromatic carbocycles. The zero-order valence-corrected chi connectivity index (χ0v) is 14.1. The van der Waals surface area contributed by atoms with Crippen LogP contribution in [0.3, 0.4) is 0 Å². The Morgan fingerprint density at radius 3 is 2.73 bits per heavy atom. The number of aromatic hydroxyl groups is 1. The molecule has 0 saturated carbocycles. The standard InChI is InChI=1S/C20H17N5O/c1-11-10-12(26)6-7-13(11)17-15-8-9-23-18(15)19(25-20(21)22)14-4-2-3-5-16(14)24-17/h2-10,23,26H,1H3,(H3,21,22)/b25-19-. The van der Waals surface area contributed by atoms with Crippen molar-refractivity contribution in [2.45, 2.75) is 6.92 Å². The Bertz CT molecular complexity index is 1240. The van der Waals surface area contributed by atoms with Crippen molar-refractivity contribution in [1.82, 2.24) is 9.97 Å². The molecule has 6 heteroatoms. The Balaban J connectivity index is 2.26. The zero-order chi connectivity index (χ0) is 18.3. The van der Waals surface area contributed by atoms with E-state index < -0.39 is 0 Å². The highest BCUT2D eigenvalue weighted by Crippen LogP contribution is 2.30. The first kappa shape index (κ1) is 15.8. The van der Waals surface area contributed by atoms with Crippen LogP contribution in [0, 0.1) is 12.3 Å². The summed E-state index contributed by atoms with van der Waals surface area (Å²) in [5, 5.41) is 19.6. The van der Waals surface area contributed by atoms with Crippen molar-refractivity contribution in [3.63, 3.8) is 0 Å². The van der Waals surface area contributed by atoms with Crippen molar-refractivity contribution >= 4 is 27.8 Å². The van der Waals surface area contributed by atoms with E-state index in [2.05, 4.69) is 9.98 Å². The van der Waals surface area contributed by atoms with E-state index in [0.29, 0.717) is 5.36 Å². The molecule has 2 aromatic heterocycles. The molecule has 4 aromatic rings. The molecule has 0 fully saturated rings. The smallest absolute Gasteiger partial charge is 0.213 e. The van der Waals surface area contributed by atoms with Crippen molar-refractivity contribution in [3.05, 3.63) is 65.6 Å². The summed E-state index contributed by atoms with van der Waals surface area (Å²) in [5.41, 5.74) is 9.68. The number of aryl methyl sites for hydroxylation is 1. The van der Waals surface area contributed by atoms with E-state index in [0.717, 1.165) is 38.6 Å². The number of nitrogens with two attached hydrogens (primary N) is 1. The topological polar surface area (TPSA) is 111 Å². The van der Waals surface area contributed by atoms with Crippen molar-refractivity contribution < 1.29 is 5.11 Å². The van der Waals surface area contributed by atoms with Crippen LogP contribution in [0.5, 0.6) is 5.75 Å². The monoisotopic (exact) mass is 343 g/mol. The number of aromatic amines is 1. The molecule has 0 atom stereocenters. The fourth-order valence-electron chi connectivity index (χ4n) is 3.20. The Morgan fingerprint density at radius 1 is 1.15 bits per heavy atom. The Kier molecular flexibility index (Phi) is 3.65. The number of rotatable bonds is 1. The molecule has 5 N–H and O–H groups in total. The SMILES string of the molecule is Cc1cc(O)ccc1-c1nc2ccccc2/c(=N/C(=N)N)c2[nH]ccc12. The van der Waals surface area contributed by atoms with Crippen molar-refractivity contribution in [2.24, 2.45) is 10.7 Å². The number of nitrogens with one attached hydrogen (secondary N) is 2. The Labute approximate surface area is 149 Å². The van der Waals surface area contributed by atoms with Gasteiger partial charge in [0, 0.05) is 22.5 Å². The summed E-state index contributed by atoms with van der Waals surface area (Å²) in [6, 6.07) is 14.8. The number of nitrogens with zero attached hydrogens (tertiary/aromatic N) is 2. The van der Waals surface area contributed by atoms with Gasteiger partial charge in [-0.25, -0.2) is 9.98 Å². The molecule has 0 bridgehead atoms. The molecule has 0 saturated heterocycles. The van der Waals surface area contributed by atoms with Crippen LogP contribution in [0.1, 0.15) is 5.56 Å². The first-order chi connectivity index (χ1) is 12.5. The van der Waals surface area contributed by atoms with Gasteiger partial charge >= 0.3 is 0 Å². The molecule has 0 amide bonds. The van der Waals surface area contributed by atoms with Gasteiger partial charge in [-0.2, -0.15) is 0 Å². The molecule has 0 spiro atoms. The minimum atomic E-state index is -0.264. The fourth-order valence-corrected chi connectivity index (χ4v) is 3.20. The lowest BCUT2D eigenvalue weighted by atomic mass is 10.0. The molecule has 0 unspecified atom stereocenters. The molecule has 0 aliphatic heterocycles. The first-order valence-electron chi connectivity index (χ1n) is 8.13. The predicted molar refractivity (Wildman–Crippen MR) is 103 cm³/mol. The van der Waals surface area contributed by atoms with E-state index in [9.17, 15) is 5.11 Å². The van der Waals surface area contributed by atoms with E-state index in [1.165, 1.54) is 0 Å². The third kappa shape index (κ3) is 2.57. The van der Waals surface area contributed by atoms with E-state index >= 15 is 0 Å². The van der Waals surface area contributed by atoms with Crippen LogP contribution in [0.25, 0.3) is 33.1 Å². The van der Waals surface area contributed by atoms with Gasteiger partial charge in [0.05, 0.1) is 16.7 Å². The quantitative estimate of drug-likeness (QED) is 0.314. The summed E-state index contributed by atoms with van der Waals surface area (Å²) in [6.07, 6.45) is 1.82. The van der Waals surface area contributed by atoms with Gasteiger partial charge in [-0.3, -0.25) is 5.41 Å². The summed E-state index contributed by atoms with van der Waals surface area (Å²) in [7, 11) is 0. The van der Waals surface area contributed by atoms with Crippen molar-refractivity contribution in [3.8, 4) is 17.0 Å². The summed E-state index contributed by atoms with van der Waals surface area (Å²) in [5.74, 6) is -0.0476. The van der Waals surface area contributed by atoms with Crippen LogP contribution in [0.4, 0.5) is 0 Å². The lowest BCUT2D eigenvalue weighted by Crippen LogP contribution is -2.13. The second-order valence-corrected chi connectivity index (χ2v) is 6.09. The molecule has 0 radical (unpaired) electrons. The number of phenols is 1. The second-order valence-electron chi connectivity index (χ2n) is 6.09. The molecule has 128 valence electrons. The summed E-state index contributed by atoms with van der Waals surface area (Å²) >= 11 is 0. The predicted octanol–water partition coefficient (Wildman–Crippen LogP) is 3.19. The highest BCUT2D eigenvalue weighted by molar-refractivity contribution is 5.99. The minimum absolute atomic E-state index is 0.217. The maximum atomic E-state index is 9.74. The van der Waals surface area contributed by atoms with Crippen LogP contribution >= 0.6 is 0 Å². The lowest BCUT2D eigenvalue weighted by Gasteiger charge is -2.05. The van der Waals surface area contributed by atoms with Gasteiger partial charge in [0.25, 0.3) is 0 Å². The van der Waals surface area contributed by atoms with Crippen LogP contribution in [-0.2, 0) is 0 Å². The number of phenolic OH excluding ortho intramolecular Hbond substituents is 1. The number of benzene rings is 2. The molecule has 26 heavy (non-hydrogen) atoms. The second kappa shape index (κ2) is 6.00. The number of fused-ring (bicyclic) bond motifs is 2.